The van der Waals surface area contributed by atoms with Gasteiger partial charge in [-0.1, -0.05) is 11.6 Å². The lowest BCUT2D eigenvalue weighted by Crippen LogP contribution is -2.02. The fraction of sp³-hybridized carbons (Fsp3) is 0.125. The number of carbonyl (C=O) groups is 1. The summed E-state index contributed by atoms with van der Waals surface area (Å²) >= 11 is 5.54. The minimum Gasteiger partial charge on any atom is -0.433 e. The third kappa shape index (κ3) is 2.66. The molecule has 1 rings (SSSR count). The van der Waals surface area contributed by atoms with Crippen LogP contribution in [0.1, 0.15) is 10.4 Å². The summed E-state index contributed by atoms with van der Waals surface area (Å²) in [5.41, 5.74) is 0.312. The van der Waals surface area contributed by atoms with Gasteiger partial charge in [0.2, 0.25) is 0 Å². The number of aldehydes is 1. The lowest BCUT2D eigenvalue weighted by molar-refractivity contribution is -0.0497. The predicted molar refractivity (Wildman–Crippen MR) is 43.5 cm³/mol. The third-order valence-electron chi connectivity index (χ3n) is 1.31. The smallest absolute Gasteiger partial charge is 0.387 e. The lowest BCUT2D eigenvalue weighted by Gasteiger charge is -2.05. The molecule has 0 radical (unpaired) electrons. The molecule has 0 saturated carbocycles. The molecule has 5 heteroatoms. The van der Waals surface area contributed by atoms with E-state index in [0.29, 0.717) is 11.8 Å². The SMILES string of the molecule is O=Cc1ccc(OC(F)F)c(Cl)c1. The topological polar surface area (TPSA) is 26.3 Å². The number of hydrogen-bond donors (Lipinski definition) is 0. The second kappa shape index (κ2) is 4.18. The Hall–Kier alpha value is -1.16. The highest BCUT2D eigenvalue weighted by atomic mass is 35.5. The van der Waals surface area contributed by atoms with Gasteiger partial charge in [0.05, 0.1) is 5.02 Å². The molecule has 0 aliphatic rings. The number of benzene rings is 1. The van der Waals surface area contributed by atoms with E-state index in [4.69, 9.17) is 11.6 Å². The molecule has 0 unspecified atom stereocenters. The molecule has 0 fully saturated rings. The standard InChI is InChI=1S/C8H5ClF2O2/c9-6-3-5(4-12)1-2-7(6)13-8(10)11/h1-4,8H. The van der Waals surface area contributed by atoms with Crippen molar-refractivity contribution in [2.24, 2.45) is 0 Å². The summed E-state index contributed by atoms with van der Waals surface area (Å²) in [6.07, 6.45) is 0.567. The van der Waals surface area contributed by atoms with Crippen LogP contribution in [0, 0.1) is 0 Å². The van der Waals surface area contributed by atoms with Gasteiger partial charge in [-0.05, 0) is 18.2 Å². The maximum Gasteiger partial charge on any atom is 0.387 e. The van der Waals surface area contributed by atoms with Crippen LogP contribution in [0.3, 0.4) is 0 Å². The van der Waals surface area contributed by atoms with Crippen LogP contribution in [0.5, 0.6) is 5.75 Å². The summed E-state index contributed by atoms with van der Waals surface area (Å²) in [4.78, 5) is 10.2. The molecule has 0 spiro atoms. The molecule has 2 nitrogen and oxygen atoms in total. The van der Waals surface area contributed by atoms with E-state index >= 15 is 0 Å². The van der Waals surface area contributed by atoms with Crippen molar-refractivity contribution >= 4 is 17.9 Å². The van der Waals surface area contributed by atoms with Crippen LogP contribution in [0.15, 0.2) is 18.2 Å². The van der Waals surface area contributed by atoms with Crippen molar-refractivity contribution in [3.63, 3.8) is 0 Å². The zero-order valence-electron chi connectivity index (χ0n) is 6.34. The fourth-order valence-electron chi connectivity index (χ4n) is 0.782. The minimum absolute atomic E-state index is 0.00935. The predicted octanol–water partition coefficient (Wildman–Crippen LogP) is 2.75. The molecule has 0 aliphatic heterocycles. The Morgan fingerprint density at radius 1 is 1.46 bits per heavy atom. The monoisotopic (exact) mass is 206 g/mol. The van der Waals surface area contributed by atoms with Gasteiger partial charge in [-0.3, -0.25) is 4.79 Å². The van der Waals surface area contributed by atoms with Crippen LogP contribution in [-0.2, 0) is 0 Å². The molecular weight excluding hydrogens is 202 g/mol. The average Bonchev–Trinajstić information content (AvgIpc) is 2.08. The van der Waals surface area contributed by atoms with Crippen LogP contribution >= 0.6 is 11.6 Å². The summed E-state index contributed by atoms with van der Waals surface area (Å²) < 4.78 is 27.5. The Labute approximate surface area is 78.1 Å². The van der Waals surface area contributed by atoms with E-state index in [1.807, 2.05) is 0 Å². The van der Waals surface area contributed by atoms with E-state index < -0.39 is 6.61 Å². The minimum atomic E-state index is -2.92. The van der Waals surface area contributed by atoms with Crippen LogP contribution in [0.4, 0.5) is 8.78 Å². The Morgan fingerprint density at radius 2 is 2.15 bits per heavy atom. The fourth-order valence-corrected chi connectivity index (χ4v) is 1.02. The van der Waals surface area contributed by atoms with Gasteiger partial charge in [0, 0.05) is 5.56 Å². The summed E-state index contributed by atoms with van der Waals surface area (Å²) in [7, 11) is 0. The van der Waals surface area contributed by atoms with Gasteiger partial charge in [0.25, 0.3) is 0 Å². The van der Waals surface area contributed by atoms with Crippen molar-refractivity contribution in [2.75, 3.05) is 0 Å². The molecule has 0 saturated heterocycles. The van der Waals surface area contributed by atoms with Gasteiger partial charge < -0.3 is 4.74 Å². The van der Waals surface area contributed by atoms with Crippen molar-refractivity contribution in [2.45, 2.75) is 6.61 Å². The number of rotatable bonds is 3. The van der Waals surface area contributed by atoms with Gasteiger partial charge in [0.15, 0.2) is 0 Å². The highest BCUT2D eigenvalue weighted by Gasteiger charge is 2.08. The van der Waals surface area contributed by atoms with Crippen molar-refractivity contribution < 1.29 is 18.3 Å². The first kappa shape index (κ1) is 9.92. The molecule has 0 heterocycles. The summed E-state index contributed by atoms with van der Waals surface area (Å²) in [5.74, 6) is -0.137. The zero-order valence-corrected chi connectivity index (χ0v) is 7.09. The normalized spacial score (nSPS) is 10.2. The first-order chi connectivity index (χ1) is 6.13. The van der Waals surface area contributed by atoms with E-state index in [1.165, 1.54) is 18.2 Å². The van der Waals surface area contributed by atoms with Gasteiger partial charge in [0.1, 0.15) is 12.0 Å². The van der Waals surface area contributed by atoms with Gasteiger partial charge in [-0.2, -0.15) is 8.78 Å². The molecule has 70 valence electrons. The molecule has 0 aromatic heterocycles. The van der Waals surface area contributed by atoms with Crippen LogP contribution in [0.2, 0.25) is 5.02 Å². The maximum atomic E-state index is 11.7. The molecule has 1 aromatic carbocycles. The Bertz CT molecular complexity index is 315. The molecule has 0 bridgehead atoms. The zero-order chi connectivity index (χ0) is 9.84. The van der Waals surface area contributed by atoms with E-state index in [2.05, 4.69) is 4.74 Å². The molecular formula is C8H5ClF2O2. The van der Waals surface area contributed by atoms with Crippen LogP contribution in [0.25, 0.3) is 0 Å². The van der Waals surface area contributed by atoms with E-state index in [-0.39, 0.29) is 10.8 Å². The van der Waals surface area contributed by atoms with Gasteiger partial charge >= 0.3 is 6.61 Å². The average molecular weight is 207 g/mol. The van der Waals surface area contributed by atoms with Gasteiger partial charge in [-0.15, -0.1) is 0 Å². The summed E-state index contributed by atoms with van der Waals surface area (Å²) in [5, 5.41) is -0.00935. The summed E-state index contributed by atoms with van der Waals surface area (Å²) in [6.45, 7) is -2.92. The molecule has 13 heavy (non-hydrogen) atoms. The number of carbonyl (C=O) groups excluding carboxylic acids is 1. The second-order valence-electron chi connectivity index (χ2n) is 2.19. The first-order valence-electron chi connectivity index (χ1n) is 3.33. The van der Waals surface area contributed by atoms with E-state index in [9.17, 15) is 13.6 Å². The Morgan fingerprint density at radius 3 is 2.62 bits per heavy atom. The number of ether oxygens (including phenoxy) is 1. The van der Waals surface area contributed by atoms with Crippen molar-refractivity contribution in [1.29, 1.82) is 0 Å². The maximum absolute atomic E-state index is 11.7. The third-order valence-corrected chi connectivity index (χ3v) is 1.60. The number of alkyl halides is 2. The largest absolute Gasteiger partial charge is 0.433 e. The first-order valence-corrected chi connectivity index (χ1v) is 3.71. The van der Waals surface area contributed by atoms with E-state index in [0.717, 1.165) is 0 Å². The van der Waals surface area contributed by atoms with E-state index in [1.54, 1.807) is 0 Å². The molecule has 0 amide bonds. The molecule has 0 N–H and O–H groups in total. The van der Waals surface area contributed by atoms with Crippen molar-refractivity contribution in [3.05, 3.63) is 28.8 Å². The second-order valence-corrected chi connectivity index (χ2v) is 2.59. The van der Waals surface area contributed by atoms with Crippen LogP contribution in [-0.4, -0.2) is 12.9 Å². The quantitative estimate of drug-likeness (QED) is 0.711. The number of halogens is 3. The highest BCUT2D eigenvalue weighted by molar-refractivity contribution is 6.32. The van der Waals surface area contributed by atoms with Gasteiger partial charge in [-0.25, -0.2) is 0 Å². The molecule has 1 aromatic rings. The Kier molecular flexibility index (Phi) is 3.19. The van der Waals surface area contributed by atoms with Crippen molar-refractivity contribution in [1.82, 2.24) is 0 Å². The Balaban J connectivity index is 2.91. The lowest BCUT2D eigenvalue weighted by atomic mass is 10.2. The molecule has 0 atom stereocenters. The number of hydrogen-bond acceptors (Lipinski definition) is 2. The molecule has 0 aliphatic carbocycles. The summed E-state index contributed by atoms with van der Waals surface area (Å²) in [6, 6.07) is 3.82. The van der Waals surface area contributed by atoms with Crippen LogP contribution < -0.4 is 4.74 Å². The highest BCUT2D eigenvalue weighted by Crippen LogP contribution is 2.26. The van der Waals surface area contributed by atoms with Crippen molar-refractivity contribution in [3.8, 4) is 5.75 Å².